The van der Waals surface area contributed by atoms with Gasteiger partial charge in [0.1, 0.15) is 40.6 Å². The predicted octanol–water partition coefficient (Wildman–Crippen LogP) is 3.07. The van der Waals surface area contributed by atoms with Crippen molar-refractivity contribution in [3.05, 3.63) is 117 Å². The van der Waals surface area contributed by atoms with E-state index in [0.29, 0.717) is 22.8 Å². The van der Waals surface area contributed by atoms with Crippen molar-refractivity contribution in [2.75, 3.05) is 0 Å². The van der Waals surface area contributed by atoms with Crippen LogP contribution < -0.4 is 5.32 Å². The van der Waals surface area contributed by atoms with Gasteiger partial charge in [-0.25, -0.2) is 29.2 Å². The number of allylic oxidation sites excluding steroid dienone is 5. The molecule has 1 aromatic carbocycles. The number of fused-ring (bicyclic) bond motifs is 6. The van der Waals surface area contributed by atoms with Crippen molar-refractivity contribution < 1.29 is 39.1 Å². The van der Waals surface area contributed by atoms with Gasteiger partial charge in [0.15, 0.2) is 0 Å². The molecule has 0 aliphatic carbocycles. The van der Waals surface area contributed by atoms with E-state index < -0.39 is 12.0 Å². The largest absolute Gasteiger partial charge is 2.00 e. The molecule has 193 valence electrons. The van der Waals surface area contributed by atoms with E-state index in [9.17, 15) is 19.2 Å². The molecule has 4 aliphatic rings. The molecule has 0 saturated carbocycles. The Hall–Kier alpha value is -5.08. The molecule has 2 atom stereocenters. The molecule has 0 spiro atoms. The summed E-state index contributed by atoms with van der Waals surface area (Å²) in [6.45, 7) is 0. The molecule has 1 aromatic heterocycles. The van der Waals surface area contributed by atoms with Crippen LogP contribution in [0.3, 0.4) is 0 Å². The summed E-state index contributed by atoms with van der Waals surface area (Å²) in [5.41, 5.74) is 3.84. The van der Waals surface area contributed by atoms with Crippen molar-refractivity contribution in [3.8, 4) is 0 Å². The Balaban J connectivity index is 0.00000154. The van der Waals surface area contributed by atoms with Gasteiger partial charge in [-0.1, -0.05) is 30.3 Å². The van der Waals surface area contributed by atoms with Crippen molar-refractivity contribution >= 4 is 47.3 Å². The van der Waals surface area contributed by atoms with Crippen molar-refractivity contribution in [1.82, 2.24) is 10.3 Å². The Morgan fingerprint density at radius 2 is 1.51 bits per heavy atom. The zero-order chi connectivity index (χ0) is 26.2. The van der Waals surface area contributed by atoms with Gasteiger partial charge in [-0.3, -0.25) is 0 Å². The van der Waals surface area contributed by atoms with Crippen LogP contribution in [-0.2, 0) is 36.2 Å². The van der Waals surface area contributed by atoms with Gasteiger partial charge < -0.3 is 13.2 Å². The van der Waals surface area contributed by atoms with Crippen LogP contribution in [0, 0.1) is 0 Å². The van der Waals surface area contributed by atoms with E-state index in [0.717, 1.165) is 11.3 Å². The first kappa shape index (κ1) is 25.6. The number of benzene rings is 1. The molecule has 9 heteroatoms. The van der Waals surface area contributed by atoms with Crippen LogP contribution in [0.4, 0.5) is 0 Å². The molecular formula is C30H18CuN4O4. The molecule has 1 radical (unpaired) electrons. The summed E-state index contributed by atoms with van der Waals surface area (Å²) in [5.74, 6) is 6.77. The Bertz CT molecular complexity index is 1820. The van der Waals surface area contributed by atoms with E-state index >= 15 is 0 Å². The van der Waals surface area contributed by atoms with Gasteiger partial charge in [0.25, 0.3) is 0 Å². The Morgan fingerprint density at radius 3 is 2.21 bits per heavy atom. The first-order valence-electron chi connectivity index (χ1n) is 11.7. The minimum absolute atomic E-state index is 0. The van der Waals surface area contributed by atoms with E-state index in [2.05, 4.69) is 20.3 Å². The molecular weight excluding hydrogens is 544 g/mol. The summed E-state index contributed by atoms with van der Waals surface area (Å²) in [5, 5.41) is 3.24. The smallest absolute Gasteiger partial charge is 1.00 e. The summed E-state index contributed by atoms with van der Waals surface area (Å²) in [7, 11) is 0. The van der Waals surface area contributed by atoms with Gasteiger partial charge in [0.05, 0.1) is 40.2 Å². The predicted molar refractivity (Wildman–Crippen MR) is 144 cm³/mol. The SMILES string of the molecule is O=C=C1C(=C=O)C2=NC1=Cc1ccc([nH]1)C=C1C=CC(=N1)C=C1NC(C2=C=O)C(=C=O)C1c1ccccc1.[Cu+2].[H-].[H-]. The van der Waals surface area contributed by atoms with Crippen LogP contribution in [0.5, 0.6) is 0 Å². The van der Waals surface area contributed by atoms with Crippen LogP contribution in [0.2, 0.25) is 0 Å². The fraction of sp³-hybridized carbons (Fsp3) is 0.0667. The van der Waals surface area contributed by atoms with Crippen LogP contribution in [0.1, 0.15) is 25.7 Å². The summed E-state index contributed by atoms with van der Waals surface area (Å²) in [4.78, 5) is 61.0. The number of nitrogens with one attached hydrogen (secondary N) is 2. The quantitative estimate of drug-likeness (QED) is 0.409. The number of nitrogens with zero attached hydrogens (tertiary/aromatic N) is 2. The van der Waals surface area contributed by atoms with Crippen LogP contribution in [0.15, 0.2) is 110 Å². The van der Waals surface area contributed by atoms with Crippen molar-refractivity contribution in [2.24, 2.45) is 9.98 Å². The second kappa shape index (κ2) is 10.4. The van der Waals surface area contributed by atoms with E-state index in [4.69, 9.17) is 0 Å². The van der Waals surface area contributed by atoms with E-state index in [-0.39, 0.29) is 53.6 Å². The van der Waals surface area contributed by atoms with Crippen LogP contribution in [0.25, 0.3) is 12.2 Å². The standard InChI is InChI=1S/C30H16N4O4.Cu.2H/c35-13-22-23(14-36)29-25(16-38)30-24(15-37)28(17-4-2-1-3-5-17)27(34-30)12-21-9-7-19(32-21)10-18-6-8-20(31-18)11-26(22)33-29;;;/h1-12,28,30-31,34H;;;/q;+2;2*-1. The molecule has 2 aromatic rings. The molecule has 4 aliphatic heterocycles. The molecule has 1 saturated heterocycles. The van der Waals surface area contributed by atoms with Crippen molar-refractivity contribution in [1.29, 1.82) is 0 Å². The summed E-state index contributed by atoms with van der Waals surface area (Å²) in [6, 6.07) is 11.9. The van der Waals surface area contributed by atoms with Crippen LogP contribution in [-0.4, -0.2) is 46.2 Å². The molecule has 39 heavy (non-hydrogen) atoms. The van der Waals surface area contributed by atoms with Gasteiger partial charge in [-0.05, 0) is 48.1 Å². The monoisotopic (exact) mass is 561 g/mol. The molecule has 1 fully saturated rings. The number of hydrogen-bond acceptors (Lipinski definition) is 7. The number of hydrogen-bond donors (Lipinski definition) is 2. The number of aliphatic imine (C=N–C) groups is 2. The fourth-order valence-electron chi connectivity index (χ4n) is 4.98. The minimum atomic E-state index is -1.01. The van der Waals surface area contributed by atoms with E-state index in [1.165, 1.54) is 0 Å². The third-order valence-corrected chi connectivity index (χ3v) is 6.64. The first-order valence-corrected chi connectivity index (χ1v) is 11.7. The number of aromatic amines is 1. The average molecular weight is 562 g/mol. The summed E-state index contributed by atoms with van der Waals surface area (Å²) >= 11 is 0. The first-order chi connectivity index (χ1) is 18.6. The van der Waals surface area contributed by atoms with E-state index in [1.807, 2.05) is 66.5 Å². The third kappa shape index (κ3) is 4.36. The molecule has 8 bridgehead atoms. The van der Waals surface area contributed by atoms with Gasteiger partial charge in [0, 0.05) is 17.1 Å². The normalized spacial score (nSPS) is 20.8. The van der Waals surface area contributed by atoms with Gasteiger partial charge in [-0.2, -0.15) is 0 Å². The van der Waals surface area contributed by atoms with E-state index in [1.54, 1.807) is 30.1 Å². The third-order valence-electron chi connectivity index (χ3n) is 6.64. The topological polar surface area (TPSA) is 121 Å². The molecule has 5 heterocycles. The van der Waals surface area contributed by atoms with Gasteiger partial charge in [0.2, 0.25) is 0 Å². The minimum Gasteiger partial charge on any atom is -1.00 e. The molecule has 8 nitrogen and oxygen atoms in total. The van der Waals surface area contributed by atoms with Gasteiger partial charge in [-0.15, -0.1) is 0 Å². The second-order valence-electron chi connectivity index (χ2n) is 8.85. The number of aromatic nitrogens is 1. The Labute approximate surface area is 235 Å². The maximum absolute atomic E-state index is 12.4. The van der Waals surface area contributed by atoms with Gasteiger partial charge >= 0.3 is 17.1 Å². The summed E-state index contributed by atoms with van der Waals surface area (Å²) in [6.07, 6.45) is 8.94. The van der Waals surface area contributed by atoms with Crippen LogP contribution >= 0.6 is 0 Å². The maximum atomic E-state index is 12.4. The molecule has 2 unspecified atom stereocenters. The zero-order valence-electron chi connectivity index (χ0n) is 21.9. The summed E-state index contributed by atoms with van der Waals surface area (Å²) < 4.78 is 0. The average Bonchev–Trinajstić information content (AvgIpc) is 3.71. The molecule has 2 N–H and O–H groups in total. The Morgan fingerprint density at radius 1 is 0.769 bits per heavy atom. The fourth-order valence-corrected chi connectivity index (χ4v) is 4.98. The van der Waals surface area contributed by atoms with Crippen molar-refractivity contribution in [3.63, 3.8) is 0 Å². The van der Waals surface area contributed by atoms with Crippen molar-refractivity contribution in [2.45, 2.75) is 12.0 Å². The number of H-pyrrole nitrogens is 1. The maximum Gasteiger partial charge on any atom is 2.00 e. The second-order valence-corrected chi connectivity index (χ2v) is 8.85. The molecule has 6 rings (SSSR count). The zero-order valence-corrected chi connectivity index (χ0v) is 20.9. The Kier molecular flexibility index (Phi) is 6.79. The molecule has 0 amide bonds. The number of carbonyl (C=O) groups excluding carboxylic acids is 4. The number of rotatable bonds is 1.